The van der Waals surface area contributed by atoms with Crippen molar-refractivity contribution >= 4 is 28.7 Å². The SMILES string of the molecule is CCN1CCN(c2ccc(NC(=O)C3CCN(c4ccccc4[N+](=O)[O-])CC3)cc2C)CC1. The number of carbonyl (C=O) groups is 1. The van der Waals surface area contributed by atoms with E-state index < -0.39 is 0 Å². The van der Waals surface area contributed by atoms with E-state index in [1.807, 2.05) is 17.0 Å². The van der Waals surface area contributed by atoms with Crippen LogP contribution in [0.5, 0.6) is 0 Å². The van der Waals surface area contributed by atoms with E-state index in [0.29, 0.717) is 31.6 Å². The van der Waals surface area contributed by atoms with Crippen molar-refractivity contribution in [1.82, 2.24) is 4.90 Å². The zero-order valence-electron chi connectivity index (χ0n) is 19.5. The van der Waals surface area contributed by atoms with Gasteiger partial charge in [-0.3, -0.25) is 14.9 Å². The number of benzene rings is 2. The molecule has 0 spiro atoms. The maximum Gasteiger partial charge on any atom is 0.292 e. The van der Waals surface area contributed by atoms with Crippen LogP contribution in [0.4, 0.5) is 22.7 Å². The second-order valence-electron chi connectivity index (χ2n) is 8.92. The summed E-state index contributed by atoms with van der Waals surface area (Å²) >= 11 is 0. The van der Waals surface area contributed by atoms with Gasteiger partial charge in [-0.05, 0) is 56.1 Å². The van der Waals surface area contributed by atoms with E-state index in [9.17, 15) is 14.9 Å². The molecule has 8 heteroatoms. The van der Waals surface area contributed by atoms with Crippen LogP contribution < -0.4 is 15.1 Å². The molecule has 1 amide bonds. The Labute approximate surface area is 195 Å². The minimum absolute atomic E-state index is 0.0286. The van der Waals surface area contributed by atoms with Crippen LogP contribution in [-0.4, -0.2) is 61.5 Å². The number of amides is 1. The predicted molar refractivity (Wildman–Crippen MR) is 132 cm³/mol. The monoisotopic (exact) mass is 451 g/mol. The third kappa shape index (κ3) is 5.27. The summed E-state index contributed by atoms with van der Waals surface area (Å²) in [5.41, 5.74) is 3.99. The molecular weight excluding hydrogens is 418 g/mol. The summed E-state index contributed by atoms with van der Waals surface area (Å²) < 4.78 is 0. The van der Waals surface area contributed by atoms with Gasteiger partial charge in [0.25, 0.3) is 5.69 Å². The first-order valence-electron chi connectivity index (χ1n) is 11.8. The van der Waals surface area contributed by atoms with E-state index >= 15 is 0 Å². The Morgan fingerprint density at radius 2 is 1.67 bits per heavy atom. The van der Waals surface area contributed by atoms with Gasteiger partial charge in [0.1, 0.15) is 5.69 Å². The number of piperidine rings is 1. The Balaban J connectivity index is 1.33. The van der Waals surface area contributed by atoms with Gasteiger partial charge in [-0.2, -0.15) is 0 Å². The first-order chi connectivity index (χ1) is 16.0. The number of nitrogens with zero attached hydrogens (tertiary/aromatic N) is 4. The van der Waals surface area contributed by atoms with Crippen molar-refractivity contribution in [2.24, 2.45) is 5.92 Å². The van der Waals surface area contributed by atoms with Crippen molar-refractivity contribution in [3.63, 3.8) is 0 Å². The Morgan fingerprint density at radius 1 is 1.00 bits per heavy atom. The van der Waals surface area contributed by atoms with Crippen LogP contribution in [0, 0.1) is 23.0 Å². The van der Waals surface area contributed by atoms with Crippen LogP contribution in [0.25, 0.3) is 0 Å². The molecule has 2 aliphatic rings. The van der Waals surface area contributed by atoms with Gasteiger partial charge in [0.05, 0.1) is 4.92 Å². The van der Waals surface area contributed by atoms with Crippen molar-refractivity contribution in [3.8, 4) is 0 Å². The number of piperazine rings is 1. The van der Waals surface area contributed by atoms with Crippen molar-refractivity contribution in [1.29, 1.82) is 0 Å². The van der Waals surface area contributed by atoms with Gasteiger partial charge in [-0.15, -0.1) is 0 Å². The molecule has 176 valence electrons. The number of anilines is 3. The molecule has 1 N–H and O–H groups in total. The number of carbonyl (C=O) groups excluding carboxylic acids is 1. The van der Waals surface area contributed by atoms with E-state index in [1.54, 1.807) is 12.1 Å². The fourth-order valence-electron chi connectivity index (χ4n) is 4.91. The molecule has 0 radical (unpaired) electrons. The van der Waals surface area contributed by atoms with E-state index in [4.69, 9.17) is 0 Å². The maximum atomic E-state index is 12.9. The first-order valence-corrected chi connectivity index (χ1v) is 11.8. The van der Waals surface area contributed by atoms with Crippen LogP contribution in [-0.2, 0) is 4.79 Å². The minimum Gasteiger partial charge on any atom is -0.369 e. The standard InChI is InChI=1S/C25H33N5O3/c1-3-27-14-16-29(17-15-27)22-9-8-21(18-19(22)2)26-25(31)20-10-12-28(13-11-20)23-6-4-5-7-24(23)30(32)33/h4-9,18,20H,3,10-17H2,1-2H3,(H,26,31). The molecule has 2 aromatic rings. The zero-order valence-corrected chi connectivity index (χ0v) is 19.5. The molecule has 2 saturated heterocycles. The fourth-order valence-corrected chi connectivity index (χ4v) is 4.91. The van der Waals surface area contributed by atoms with Gasteiger partial charge in [0.15, 0.2) is 0 Å². The summed E-state index contributed by atoms with van der Waals surface area (Å²) in [7, 11) is 0. The molecule has 4 rings (SSSR count). The molecule has 0 unspecified atom stereocenters. The van der Waals surface area contributed by atoms with Crippen LogP contribution in [0.1, 0.15) is 25.3 Å². The van der Waals surface area contributed by atoms with Gasteiger partial charge in [0.2, 0.25) is 5.91 Å². The molecule has 2 heterocycles. The molecule has 0 bridgehead atoms. The molecule has 0 aliphatic carbocycles. The maximum absolute atomic E-state index is 12.9. The second kappa shape index (κ2) is 10.2. The Kier molecular flexibility index (Phi) is 7.13. The van der Waals surface area contributed by atoms with Crippen molar-refractivity contribution in [2.45, 2.75) is 26.7 Å². The lowest BCUT2D eigenvalue weighted by molar-refractivity contribution is -0.384. The summed E-state index contributed by atoms with van der Waals surface area (Å²) in [5, 5.41) is 14.4. The molecule has 0 aromatic heterocycles. The summed E-state index contributed by atoms with van der Waals surface area (Å²) in [5.74, 6) is -0.0629. The van der Waals surface area contributed by atoms with Crippen LogP contribution >= 0.6 is 0 Å². The van der Waals surface area contributed by atoms with Crippen LogP contribution in [0.15, 0.2) is 42.5 Å². The topological polar surface area (TPSA) is 82.0 Å². The number of likely N-dealkylation sites (N-methyl/N-ethyl adjacent to an activating group) is 1. The molecule has 33 heavy (non-hydrogen) atoms. The van der Waals surface area contributed by atoms with Gasteiger partial charge in [0, 0.05) is 62.6 Å². The molecule has 2 fully saturated rings. The third-order valence-corrected chi connectivity index (χ3v) is 6.91. The number of nitrogens with one attached hydrogen (secondary N) is 1. The van der Waals surface area contributed by atoms with Gasteiger partial charge in [-0.1, -0.05) is 19.1 Å². The number of rotatable bonds is 6. The highest BCUT2D eigenvalue weighted by Crippen LogP contribution is 2.32. The number of aryl methyl sites for hydroxylation is 1. The normalized spacial score (nSPS) is 17.8. The molecule has 0 atom stereocenters. The smallest absolute Gasteiger partial charge is 0.292 e. The lowest BCUT2D eigenvalue weighted by Crippen LogP contribution is -2.46. The number of nitro benzene ring substituents is 1. The van der Waals surface area contributed by atoms with Crippen LogP contribution in [0.2, 0.25) is 0 Å². The van der Waals surface area contributed by atoms with E-state index in [0.717, 1.165) is 38.4 Å². The second-order valence-corrected chi connectivity index (χ2v) is 8.92. The summed E-state index contributed by atoms with van der Waals surface area (Å²) in [4.78, 5) is 30.8. The lowest BCUT2D eigenvalue weighted by atomic mass is 9.95. The fraction of sp³-hybridized carbons (Fsp3) is 0.480. The average molecular weight is 452 g/mol. The molecular formula is C25H33N5O3. The highest BCUT2D eigenvalue weighted by Gasteiger charge is 2.28. The lowest BCUT2D eigenvalue weighted by Gasteiger charge is -2.36. The minimum atomic E-state index is -0.343. The summed E-state index contributed by atoms with van der Waals surface area (Å²) in [6, 6.07) is 13.0. The first kappa shape index (κ1) is 23.0. The zero-order chi connectivity index (χ0) is 23.4. The number of hydrogen-bond acceptors (Lipinski definition) is 6. The van der Waals surface area contributed by atoms with Crippen molar-refractivity contribution in [3.05, 3.63) is 58.1 Å². The predicted octanol–water partition coefficient (Wildman–Crippen LogP) is 3.90. The Morgan fingerprint density at radius 3 is 2.30 bits per heavy atom. The largest absolute Gasteiger partial charge is 0.369 e. The molecule has 2 aromatic carbocycles. The van der Waals surface area contributed by atoms with Crippen molar-refractivity contribution in [2.75, 3.05) is 60.9 Å². The highest BCUT2D eigenvalue weighted by atomic mass is 16.6. The highest BCUT2D eigenvalue weighted by molar-refractivity contribution is 5.93. The van der Waals surface area contributed by atoms with E-state index in [1.165, 1.54) is 17.3 Å². The summed E-state index contributed by atoms with van der Waals surface area (Å²) in [6.07, 6.45) is 1.35. The van der Waals surface area contributed by atoms with Gasteiger partial charge >= 0.3 is 0 Å². The summed E-state index contributed by atoms with van der Waals surface area (Å²) in [6.45, 7) is 10.9. The number of hydrogen-bond donors (Lipinski definition) is 1. The molecule has 0 saturated carbocycles. The Bertz CT molecular complexity index is 995. The van der Waals surface area contributed by atoms with Crippen LogP contribution in [0.3, 0.4) is 0 Å². The van der Waals surface area contributed by atoms with Gasteiger partial charge < -0.3 is 20.0 Å². The Hall–Kier alpha value is -3.13. The molecule has 2 aliphatic heterocycles. The average Bonchev–Trinajstić information content (AvgIpc) is 2.84. The van der Waals surface area contributed by atoms with Crippen molar-refractivity contribution < 1.29 is 9.72 Å². The number of nitro groups is 1. The van der Waals surface area contributed by atoms with E-state index in [-0.39, 0.29) is 22.4 Å². The third-order valence-electron chi connectivity index (χ3n) is 6.91. The molecule has 8 nitrogen and oxygen atoms in total. The van der Waals surface area contributed by atoms with E-state index in [2.05, 4.69) is 41.1 Å². The van der Waals surface area contributed by atoms with Gasteiger partial charge in [-0.25, -0.2) is 0 Å². The number of para-hydroxylation sites is 2. The quantitative estimate of drug-likeness (QED) is 0.530.